The average Bonchev–Trinajstić information content (AvgIpc) is 2.47. The summed E-state index contributed by atoms with van der Waals surface area (Å²) in [5, 5.41) is 3.38. The van der Waals surface area contributed by atoms with Crippen LogP contribution < -0.4 is 5.32 Å². The minimum atomic E-state index is 0.529. The van der Waals surface area contributed by atoms with E-state index in [1.54, 1.807) is 0 Å². The van der Waals surface area contributed by atoms with E-state index in [2.05, 4.69) is 32.8 Å². The van der Waals surface area contributed by atoms with Gasteiger partial charge in [0.05, 0.1) is 0 Å². The van der Waals surface area contributed by atoms with E-state index in [-0.39, 0.29) is 0 Å². The predicted octanol–water partition coefficient (Wildman–Crippen LogP) is 3.12. The quantitative estimate of drug-likeness (QED) is 0.657. The first kappa shape index (κ1) is 10.8. The van der Waals surface area contributed by atoms with Crippen LogP contribution in [0.3, 0.4) is 0 Å². The lowest BCUT2D eigenvalue weighted by Crippen LogP contribution is -2.23. The molecule has 0 heterocycles. The van der Waals surface area contributed by atoms with Gasteiger partial charge in [0.1, 0.15) is 0 Å². The zero-order valence-corrected chi connectivity index (χ0v) is 9.32. The van der Waals surface area contributed by atoms with Gasteiger partial charge in [0.25, 0.3) is 0 Å². The van der Waals surface area contributed by atoms with Crippen molar-refractivity contribution in [2.75, 3.05) is 7.05 Å². The SMILES string of the molecule is C=C(CC)CC1(C)CCC(NC)C1. The van der Waals surface area contributed by atoms with Crippen molar-refractivity contribution in [1.29, 1.82) is 0 Å². The molecule has 0 aromatic heterocycles. The third-order valence-corrected chi connectivity index (χ3v) is 3.42. The molecule has 1 heteroatoms. The van der Waals surface area contributed by atoms with Crippen molar-refractivity contribution in [2.45, 2.75) is 52.0 Å². The topological polar surface area (TPSA) is 12.0 Å². The molecule has 1 aliphatic carbocycles. The Morgan fingerprint density at radius 3 is 2.77 bits per heavy atom. The summed E-state index contributed by atoms with van der Waals surface area (Å²) in [6, 6.07) is 0.745. The predicted molar refractivity (Wildman–Crippen MR) is 58.9 cm³/mol. The Labute approximate surface area is 82.6 Å². The highest BCUT2D eigenvalue weighted by Gasteiger charge is 2.34. The second-order valence-corrected chi connectivity index (χ2v) is 4.82. The third-order valence-electron chi connectivity index (χ3n) is 3.42. The Morgan fingerprint density at radius 2 is 2.31 bits per heavy atom. The van der Waals surface area contributed by atoms with Gasteiger partial charge in [-0.25, -0.2) is 0 Å². The van der Waals surface area contributed by atoms with Crippen molar-refractivity contribution in [2.24, 2.45) is 5.41 Å². The van der Waals surface area contributed by atoms with Crippen LogP contribution in [0.5, 0.6) is 0 Å². The summed E-state index contributed by atoms with van der Waals surface area (Å²) in [6.45, 7) is 8.72. The van der Waals surface area contributed by atoms with Gasteiger partial charge in [0, 0.05) is 6.04 Å². The Bertz CT molecular complexity index is 186. The van der Waals surface area contributed by atoms with Crippen LogP contribution >= 0.6 is 0 Å². The standard InChI is InChI=1S/C12H23N/c1-5-10(2)8-12(3)7-6-11(9-12)13-4/h11,13H,2,5-9H2,1,3-4H3. The zero-order chi connectivity index (χ0) is 9.90. The zero-order valence-electron chi connectivity index (χ0n) is 9.32. The molecule has 0 saturated heterocycles. The number of hydrogen-bond acceptors (Lipinski definition) is 1. The van der Waals surface area contributed by atoms with Crippen LogP contribution in [0.25, 0.3) is 0 Å². The van der Waals surface area contributed by atoms with Crippen molar-refractivity contribution in [3.05, 3.63) is 12.2 Å². The molecule has 1 N–H and O–H groups in total. The minimum Gasteiger partial charge on any atom is -0.317 e. The Kier molecular flexibility index (Phi) is 3.55. The molecule has 2 unspecified atom stereocenters. The normalized spacial score (nSPS) is 33.6. The molecule has 13 heavy (non-hydrogen) atoms. The lowest BCUT2D eigenvalue weighted by Gasteiger charge is -2.25. The fourth-order valence-corrected chi connectivity index (χ4v) is 2.46. The van der Waals surface area contributed by atoms with Gasteiger partial charge in [0.2, 0.25) is 0 Å². The summed E-state index contributed by atoms with van der Waals surface area (Å²) < 4.78 is 0. The molecule has 0 radical (unpaired) electrons. The van der Waals surface area contributed by atoms with Crippen LogP contribution in [0.4, 0.5) is 0 Å². The summed E-state index contributed by atoms with van der Waals surface area (Å²) in [4.78, 5) is 0. The molecule has 1 rings (SSSR count). The Morgan fingerprint density at radius 1 is 1.62 bits per heavy atom. The second kappa shape index (κ2) is 4.28. The molecule has 76 valence electrons. The largest absolute Gasteiger partial charge is 0.317 e. The van der Waals surface area contributed by atoms with Gasteiger partial charge in [-0.3, -0.25) is 0 Å². The van der Waals surface area contributed by atoms with E-state index >= 15 is 0 Å². The maximum atomic E-state index is 4.11. The van der Waals surface area contributed by atoms with Gasteiger partial charge in [-0.05, 0) is 44.6 Å². The third kappa shape index (κ3) is 2.84. The molecule has 0 amide bonds. The van der Waals surface area contributed by atoms with E-state index in [4.69, 9.17) is 0 Å². The van der Waals surface area contributed by atoms with Crippen molar-refractivity contribution in [3.63, 3.8) is 0 Å². The van der Waals surface area contributed by atoms with Crippen LogP contribution in [0, 0.1) is 5.41 Å². The van der Waals surface area contributed by atoms with Crippen LogP contribution in [0.2, 0.25) is 0 Å². The molecule has 0 spiro atoms. The summed E-state index contributed by atoms with van der Waals surface area (Å²) in [5.41, 5.74) is 1.94. The Hall–Kier alpha value is -0.300. The summed E-state index contributed by atoms with van der Waals surface area (Å²) in [5.74, 6) is 0. The number of nitrogens with one attached hydrogen (secondary N) is 1. The fraction of sp³-hybridized carbons (Fsp3) is 0.833. The van der Waals surface area contributed by atoms with Crippen molar-refractivity contribution < 1.29 is 0 Å². The highest BCUT2D eigenvalue weighted by atomic mass is 14.9. The molecular formula is C12H23N. The van der Waals surface area contributed by atoms with Gasteiger partial charge in [-0.1, -0.05) is 26.0 Å². The van der Waals surface area contributed by atoms with Gasteiger partial charge in [-0.2, -0.15) is 0 Å². The maximum absolute atomic E-state index is 4.11. The molecule has 2 atom stereocenters. The second-order valence-electron chi connectivity index (χ2n) is 4.82. The van der Waals surface area contributed by atoms with Crippen LogP contribution in [0.1, 0.15) is 46.0 Å². The lowest BCUT2D eigenvalue weighted by molar-refractivity contribution is 0.321. The highest BCUT2D eigenvalue weighted by Crippen LogP contribution is 2.42. The molecule has 0 bridgehead atoms. The molecule has 0 aromatic carbocycles. The minimum absolute atomic E-state index is 0.529. The number of rotatable bonds is 4. The number of hydrogen-bond donors (Lipinski definition) is 1. The summed E-state index contributed by atoms with van der Waals surface area (Å²) in [7, 11) is 2.07. The molecule has 1 fully saturated rings. The Balaban J connectivity index is 2.44. The van der Waals surface area contributed by atoms with E-state index in [0.717, 1.165) is 12.5 Å². The van der Waals surface area contributed by atoms with Crippen LogP contribution in [-0.4, -0.2) is 13.1 Å². The van der Waals surface area contributed by atoms with Gasteiger partial charge >= 0.3 is 0 Å². The van der Waals surface area contributed by atoms with Gasteiger partial charge < -0.3 is 5.32 Å². The van der Waals surface area contributed by atoms with E-state index in [0.29, 0.717) is 5.41 Å². The first-order chi connectivity index (χ1) is 6.09. The summed E-state index contributed by atoms with van der Waals surface area (Å²) >= 11 is 0. The molecular weight excluding hydrogens is 158 g/mol. The first-order valence-electron chi connectivity index (χ1n) is 5.43. The van der Waals surface area contributed by atoms with E-state index in [1.165, 1.54) is 31.3 Å². The van der Waals surface area contributed by atoms with Gasteiger partial charge in [0.15, 0.2) is 0 Å². The van der Waals surface area contributed by atoms with E-state index < -0.39 is 0 Å². The molecule has 1 nitrogen and oxygen atoms in total. The van der Waals surface area contributed by atoms with E-state index in [9.17, 15) is 0 Å². The van der Waals surface area contributed by atoms with Gasteiger partial charge in [-0.15, -0.1) is 0 Å². The maximum Gasteiger partial charge on any atom is 0.00695 e. The monoisotopic (exact) mass is 181 g/mol. The van der Waals surface area contributed by atoms with Crippen molar-refractivity contribution in [1.82, 2.24) is 5.32 Å². The molecule has 0 aromatic rings. The van der Waals surface area contributed by atoms with E-state index in [1.807, 2.05) is 0 Å². The smallest absolute Gasteiger partial charge is 0.00695 e. The molecule has 1 aliphatic rings. The number of allylic oxidation sites excluding steroid dienone is 1. The molecule has 1 saturated carbocycles. The van der Waals surface area contributed by atoms with Crippen molar-refractivity contribution in [3.8, 4) is 0 Å². The lowest BCUT2D eigenvalue weighted by atomic mass is 9.81. The van der Waals surface area contributed by atoms with Crippen LogP contribution in [-0.2, 0) is 0 Å². The fourth-order valence-electron chi connectivity index (χ4n) is 2.46. The highest BCUT2D eigenvalue weighted by molar-refractivity contribution is 5.02. The summed E-state index contributed by atoms with van der Waals surface area (Å²) in [6.07, 6.45) is 6.38. The molecule has 0 aliphatic heterocycles. The first-order valence-corrected chi connectivity index (χ1v) is 5.43. The average molecular weight is 181 g/mol. The van der Waals surface area contributed by atoms with Crippen molar-refractivity contribution >= 4 is 0 Å². The van der Waals surface area contributed by atoms with Crippen LogP contribution in [0.15, 0.2) is 12.2 Å².